The standard InChI is InChI=1S/C21H30N2O2S/c1-14(2)9-21(24)23(15(3)4)11-18-13-26-20(22-18)12-25-19-8-7-16(5)17(6)10-19/h7-8,10,13-15H,9,11-12H2,1-6H3. The van der Waals surface area contributed by atoms with E-state index in [1.807, 2.05) is 30.2 Å². The van der Waals surface area contributed by atoms with Gasteiger partial charge in [0.25, 0.3) is 0 Å². The molecule has 0 aliphatic heterocycles. The third-order valence-electron chi connectivity index (χ3n) is 4.30. The Bertz CT molecular complexity index is 737. The summed E-state index contributed by atoms with van der Waals surface area (Å²) in [6.45, 7) is 13.4. The van der Waals surface area contributed by atoms with Crippen LogP contribution in [0.25, 0.3) is 0 Å². The van der Waals surface area contributed by atoms with Gasteiger partial charge in [-0.15, -0.1) is 11.3 Å². The van der Waals surface area contributed by atoms with Crippen molar-refractivity contribution in [2.24, 2.45) is 5.92 Å². The van der Waals surface area contributed by atoms with Gasteiger partial charge >= 0.3 is 0 Å². The van der Waals surface area contributed by atoms with Crippen LogP contribution in [0, 0.1) is 19.8 Å². The molecule has 0 radical (unpaired) electrons. The van der Waals surface area contributed by atoms with Crippen LogP contribution in [0.2, 0.25) is 0 Å². The topological polar surface area (TPSA) is 42.4 Å². The number of aromatic nitrogens is 1. The molecule has 0 saturated heterocycles. The van der Waals surface area contributed by atoms with Crippen molar-refractivity contribution < 1.29 is 9.53 Å². The van der Waals surface area contributed by atoms with Crippen LogP contribution in [0.3, 0.4) is 0 Å². The van der Waals surface area contributed by atoms with E-state index in [1.165, 1.54) is 11.1 Å². The third kappa shape index (κ3) is 5.84. The molecule has 0 atom stereocenters. The molecule has 0 fully saturated rings. The first kappa shape index (κ1) is 20.4. The third-order valence-corrected chi connectivity index (χ3v) is 5.17. The average Bonchev–Trinajstić information content (AvgIpc) is 3.00. The SMILES string of the molecule is Cc1ccc(OCc2nc(CN(C(=O)CC(C)C)C(C)C)cs2)cc1C. The van der Waals surface area contributed by atoms with Crippen molar-refractivity contribution in [1.82, 2.24) is 9.88 Å². The van der Waals surface area contributed by atoms with E-state index >= 15 is 0 Å². The van der Waals surface area contributed by atoms with Crippen LogP contribution in [-0.2, 0) is 17.9 Å². The molecule has 5 heteroatoms. The first-order valence-electron chi connectivity index (χ1n) is 9.19. The summed E-state index contributed by atoms with van der Waals surface area (Å²) in [5.41, 5.74) is 3.41. The van der Waals surface area contributed by atoms with Gasteiger partial charge in [-0.25, -0.2) is 4.98 Å². The van der Waals surface area contributed by atoms with Gasteiger partial charge in [-0.2, -0.15) is 0 Å². The van der Waals surface area contributed by atoms with Crippen LogP contribution in [0.4, 0.5) is 0 Å². The molecule has 1 heterocycles. The zero-order chi connectivity index (χ0) is 19.3. The van der Waals surface area contributed by atoms with E-state index in [9.17, 15) is 4.79 Å². The van der Waals surface area contributed by atoms with Gasteiger partial charge in [0.2, 0.25) is 5.91 Å². The highest BCUT2D eigenvalue weighted by atomic mass is 32.1. The fourth-order valence-corrected chi connectivity index (χ4v) is 3.33. The van der Waals surface area contributed by atoms with Crippen molar-refractivity contribution in [3.05, 3.63) is 45.4 Å². The maximum Gasteiger partial charge on any atom is 0.223 e. The normalized spacial score (nSPS) is 11.2. The average molecular weight is 375 g/mol. The number of aryl methyl sites for hydroxylation is 2. The lowest BCUT2D eigenvalue weighted by molar-refractivity contribution is -0.134. The Balaban J connectivity index is 1.97. The molecule has 0 aliphatic rings. The number of ether oxygens (including phenoxy) is 1. The molecule has 0 unspecified atom stereocenters. The first-order chi connectivity index (χ1) is 12.3. The van der Waals surface area contributed by atoms with Crippen molar-refractivity contribution >= 4 is 17.2 Å². The molecule has 142 valence electrons. The van der Waals surface area contributed by atoms with Gasteiger partial charge < -0.3 is 9.64 Å². The Hall–Kier alpha value is -1.88. The zero-order valence-electron chi connectivity index (χ0n) is 16.7. The van der Waals surface area contributed by atoms with E-state index in [0.717, 1.165) is 16.5 Å². The van der Waals surface area contributed by atoms with E-state index in [2.05, 4.69) is 44.8 Å². The van der Waals surface area contributed by atoms with Crippen molar-refractivity contribution in [3.63, 3.8) is 0 Å². The second-order valence-electron chi connectivity index (χ2n) is 7.48. The second-order valence-corrected chi connectivity index (χ2v) is 8.42. The summed E-state index contributed by atoms with van der Waals surface area (Å²) in [6, 6.07) is 6.27. The smallest absolute Gasteiger partial charge is 0.223 e. The number of hydrogen-bond acceptors (Lipinski definition) is 4. The Morgan fingerprint density at radius 1 is 1.19 bits per heavy atom. The molecule has 1 aromatic heterocycles. The molecular formula is C21H30N2O2S. The monoisotopic (exact) mass is 374 g/mol. The van der Waals surface area contributed by atoms with Crippen molar-refractivity contribution in [2.75, 3.05) is 0 Å². The van der Waals surface area contributed by atoms with Crippen LogP contribution < -0.4 is 4.74 Å². The minimum atomic E-state index is 0.165. The summed E-state index contributed by atoms with van der Waals surface area (Å²) in [4.78, 5) is 19.0. The van der Waals surface area contributed by atoms with E-state index in [0.29, 0.717) is 25.5 Å². The Labute approximate surface area is 161 Å². The molecule has 26 heavy (non-hydrogen) atoms. The molecule has 0 spiro atoms. The van der Waals surface area contributed by atoms with E-state index in [4.69, 9.17) is 4.74 Å². The van der Waals surface area contributed by atoms with Gasteiger partial charge in [-0.3, -0.25) is 4.79 Å². The Morgan fingerprint density at radius 3 is 2.54 bits per heavy atom. The number of amides is 1. The lowest BCUT2D eigenvalue weighted by atomic mass is 10.1. The quantitative estimate of drug-likeness (QED) is 0.644. The predicted octanol–water partition coefficient (Wildman–Crippen LogP) is 5.12. The highest BCUT2D eigenvalue weighted by molar-refractivity contribution is 7.09. The van der Waals surface area contributed by atoms with Crippen LogP contribution in [0.15, 0.2) is 23.6 Å². The molecule has 0 saturated carbocycles. The largest absolute Gasteiger partial charge is 0.486 e. The maximum absolute atomic E-state index is 12.5. The molecular weight excluding hydrogens is 344 g/mol. The fraction of sp³-hybridized carbons (Fsp3) is 0.524. The number of hydrogen-bond donors (Lipinski definition) is 0. The summed E-state index contributed by atoms with van der Waals surface area (Å²) < 4.78 is 5.86. The van der Waals surface area contributed by atoms with Crippen molar-refractivity contribution in [1.29, 1.82) is 0 Å². The van der Waals surface area contributed by atoms with Crippen molar-refractivity contribution in [3.8, 4) is 5.75 Å². The van der Waals surface area contributed by atoms with E-state index in [1.54, 1.807) is 11.3 Å². The second kappa shape index (κ2) is 9.17. The van der Waals surface area contributed by atoms with Crippen LogP contribution in [-0.4, -0.2) is 21.8 Å². The molecule has 2 aromatic rings. The Kier molecular flexibility index (Phi) is 7.21. The van der Waals surface area contributed by atoms with Crippen LogP contribution in [0.5, 0.6) is 5.75 Å². The molecule has 1 aromatic carbocycles. The number of carbonyl (C=O) groups excluding carboxylic acids is 1. The zero-order valence-corrected chi connectivity index (χ0v) is 17.5. The lowest BCUT2D eigenvalue weighted by Gasteiger charge is -2.26. The number of rotatable bonds is 8. The summed E-state index contributed by atoms with van der Waals surface area (Å²) in [5, 5.41) is 2.95. The number of nitrogens with zero attached hydrogens (tertiary/aromatic N) is 2. The molecule has 2 rings (SSSR count). The van der Waals surface area contributed by atoms with Crippen LogP contribution >= 0.6 is 11.3 Å². The number of carbonyl (C=O) groups is 1. The van der Waals surface area contributed by atoms with Gasteiger partial charge in [-0.05, 0) is 56.9 Å². The fourth-order valence-electron chi connectivity index (χ4n) is 2.64. The van der Waals surface area contributed by atoms with Gasteiger partial charge in [-0.1, -0.05) is 19.9 Å². The lowest BCUT2D eigenvalue weighted by Crippen LogP contribution is -2.37. The maximum atomic E-state index is 12.5. The number of thiazole rings is 1. The summed E-state index contributed by atoms with van der Waals surface area (Å²) >= 11 is 1.58. The molecule has 0 bridgehead atoms. The molecule has 4 nitrogen and oxygen atoms in total. The summed E-state index contributed by atoms with van der Waals surface area (Å²) in [5.74, 6) is 1.41. The van der Waals surface area contributed by atoms with E-state index in [-0.39, 0.29) is 11.9 Å². The summed E-state index contributed by atoms with van der Waals surface area (Å²) in [6.07, 6.45) is 0.574. The minimum Gasteiger partial charge on any atom is -0.486 e. The van der Waals surface area contributed by atoms with E-state index < -0.39 is 0 Å². The Morgan fingerprint density at radius 2 is 1.92 bits per heavy atom. The molecule has 0 aliphatic carbocycles. The predicted molar refractivity (Wildman–Crippen MR) is 108 cm³/mol. The number of benzene rings is 1. The van der Waals surface area contributed by atoms with Gasteiger partial charge in [0, 0.05) is 17.8 Å². The summed E-state index contributed by atoms with van der Waals surface area (Å²) in [7, 11) is 0. The molecule has 1 amide bonds. The minimum absolute atomic E-state index is 0.165. The first-order valence-corrected chi connectivity index (χ1v) is 10.1. The van der Waals surface area contributed by atoms with Crippen molar-refractivity contribution in [2.45, 2.75) is 67.2 Å². The van der Waals surface area contributed by atoms with Crippen LogP contribution in [0.1, 0.15) is 55.9 Å². The molecule has 0 N–H and O–H groups in total. The van der Waals surface area contributed by atoms with Gasteiger partial charge in [0.1, 0.15) is 17.4 Å². The van der Waals surface area contributed by atoms with Gasteiger partial charge in [0.15, 0.2) is 0 Å². The van der Waals surface area contributed by atoms with Gasteiger partial charge in [0.05, 0.1) is 12.2 Å². The highest BCUT2D eigenvalue weighted by Gasteiger charge is 2.19. The highest BCUT2D eigenvalue weighted by Crippen LogP contribution is 2.20.